The van der Waals surface area contributed by atoms with Crippen molar-refractivity contribution in [2.75, 3.05) is 14.1 Å². The lowest BCUT2D eigenvalue weighted by Crippen LogP contribution is -2.40. The molecule has 5 heteroatoms. The molecule has 20 heavy (non-hydrogen) atoms. The zero-order valence-electron chi connectivity index (χ0n) is 12.9. The number of likely N-dealkylation sites (N-methyl/N-ethyl adjacent to an activating group) is 1. The highest BCUT2D eigenvalue weighted by molar-refractivity contribution is 5.82. The van der Waals surface area contributed by atoms with Crippen molar-refractivity contribution < 1.29 is 4.79 Å². The first kappa shape index (κ1) is 14.8. The van der Waals surface area contributed by atoms with Crippen LogP contribution in [0.3, 0.4) is 0 Å². The van der Waals surface area contributed by atoms with Crippen LogP contribution in [0.15, 0.2) is 4.79 Å². The maximum atomic E-state index is 12.6. The molecule has 0 radical (unpaired) electrons. The highest BCUT2D eigenvalue weighted by Gasteiger charge is 2.33. The van der Waals surface area contributed by atoms with Gasteiger partial charge in [0.25, 0.3) is 5.56 Å². The van der Waals surface area contributed by atoms with Crippen LogP contribution in [0.5, 0.6) is 0 Å². The number of fused-ring (bicyclic) bond motifs is 1. The summed E-state index contributed by atoms with van der Waals surface area (Å²) in [5.74, 6) is 0.377. The van der Waals surface area contributed by atoms with Gasteiger partial charge in [-0.3, -0.25) is 14.2 Å². The number of hydrogen-bond acceptors (Lipinski definition) is 3. The van der Waals surface area contributed by atoms with Gasteiger partial charge in [0.15, 0.2) is 0 Å². The molecule has 1 amide bonds. The third-order valence-corrected chi connectivity index (χ3v) is 4.16. The van der Waals surface area contributed by atoms with E-state index in [-0.39, 0.29) is 23.4 Å². The average Bonchev–Trinajstić information content (AvgIpc) is 2.38. The largest absolute Gasteiger partial charge is 0.348 e. The van der Waals surface area contributed by atoms with Gasteiger partial charge < -0.3 is 4.90 Å². The fourth-order valence-electron chi connectivity index (χ4n) is 2.99. The van der Waals surface area contributed by atoms with Crippen LogP contribution in [0.25, 0.3) is 0 Å². The molecule has 0 spiro atoms. The third-order valence-electron chi connectivity index (χ3n) is 4.16. The molecule has 0 N–H and O–H groups in total. The molecule has 1 aliphatic rings. The van der Waals surface area contributed by atoms with Crippen molar-refractivity contribution in [2.45, 2.75) is 52.0 Å². The molecule has 1 aromatic rings. The number of carbonyl (C=O) groups excluding carboxylic acids is 1. The van der Waals surface area contributed by atoms with Gasteiger partial charge in [0, 0.05) is 31.4 Å². The molecule has 1 aromatic heterocycles. The summed E-state index contributed by atoms with van der Waals surface area (Å²) in [6.45, 7) is 5.85. The van der Waals surface area contributed by atoms with Crippen LogP contribution in [0.4, 0.5) is 0 Å². The summed E-state index contributed by atoms with van der Waals surface area (Å²) in [5, 5.41) is 0. The molecule has 2 atom stereocenters. The van der Waals surface area contributed by atoms with Gasteiger partial charge in [-0.25, -0.2) is 4.98 Å². The van der Waals surface area contributed by atoms with Crippen molar-refractivity contribution in [1.29, 1.82) is 0 Å². The van der Waals surface area contributed by atoms with E-state index in [1.165, 1.54) is 0 Å². The van der Waals surface area contributed by atoms with Crippen molar-refractivity contribution in [2.24, 2.45) is 0 Å². The van der Waals surface area contributed by atoms with Crippen molar-refractivity contribution in [1.82, 2.24) is 14.5 Å². The van der Waals surface area contributed by atoms with Crippen LogP contribution < -0.4 is 5.56 Å². The predicted octanol–water partition coefficient (Wildman–Crippen LogP) is 1.64. The Morgan fingerprint density at radius 2 is 2.05 bits per heavy atom. The van der Waals surface area contributed by atoms with Crippen LogP contribution in [0.2, 0.25) is 0 Å². The van der Waals surface area contributed by atoms with Gasteiger partial charge in [-0.05, 0) is 33.1 Å². The Kier molecular flexibility index (Phi) is 3.97. The van der Waals surface area contributed by atoms with E-state index in [2.05, 4.69) is 4.98 Å². The molecule has 0 bridgehead atoms. The summed E-state index contributed by atoms with van der Waals surface area (Å²) < 4.78 is 1.74. The summed E-state index contributed by atoms with van der Waals surface area (Å²) in [6, 6.07) is 0.113. The maximum Gasteiger partial charge on any atom is 0.257 e. The van der Waals surface area contributed by atoms with Gasteiger partial charge in [-0.2, -0.15) is 0 Å². The topological polar surface area (TPSA) is 55.2 Å². The molecule has 5 nitrogen and oxygen atoms in total. The molecular weight excluding hydrogens is 254 g/mol. The Balaban J connectivity index is 2.64. The molecule has 1 aliphatic heterocycles. The summed E-state index contributed by atoms with van der Waals surface area (Å²) in [5.41, 5.74) is 1.55. The summed E-state index contributed by atoms with van der Waals surface area (Å²) in [7, 11) is 3.49. The molecule has 2 heterocycles. The second-order valence-electron chi connectivity index (χ2n) is 5.77. The number of nitrogens with zero attached hydrogens (tertiary/aromatic N) is 3. The van der Waals surface area contributed by atoms with Gasteiger partial charge in [0.2, 0.25) is 5.91 Å². The molecule has 0 aliphatic carbocycles. The summed E-state index contributed by atoms with van der Waals surface area (Å²) in [4.78, 5) is 31.1. The Morgan fingerprint density at radius 3 is 2.60 bits per heavy atom. The Labute approximate surface area is 119 Å². The number of hydrogen-bond donors (Lipinski definition) is 0. The summed E-state index contributed by atoms with van der Waals surface area (Å²) >= 11 is 0. The van der Waals surface area contributed by atoms with E-state index in [0.717, 1.165) is 24.1 Å². The molecular formula is C15H23N3O2. The van der Waals surface area contributed by atoms with Crippen molar-refractivity contribution >= 4 is 5.91 Å². The van der Waals surface area contributed by atoms with Crippen LogP contribution in [-0.2, 0) is 11.2 Å². The summed E-state index contributed by atoms with van der Waals surface area (Å²) in [6.07, 6.45) is 2.28. The number of aryl methyl sites for hydroxylation is 1. The standard InChI is InChI=1S/C15H23N3O2/c1-6-11-10(3)16-13-12(14(19)17(4)5)8-7-9(2)18(13)15(11)20/h9,12H,6-8H2,1-5H3/t9-,12+/m0/s1. The molecule has 0 fully saturated rings. The molecule has 0 saturated carbocycles. The highest BCUT2D eigenvalue weighted by atomic mass is 16.2. The lowest BCUT2D eigenvalue weighted by molar-refractivity contribution is -0.131. The smallest absolute Gasteiger partial charge is 0.257 e. The lowest BCUT2D eigenvalue weighted by atomic mass is 9.92. The first-order valence-corrected chi connectivity index (χ1v) is 7.21. The predicted molar refractivity (Wildman–Crippen MR) is 78.0 cm³/mol. The first-order chi connectivity index (χ1) is 9.38. The minimum absolute atomic E-state index is 0.0266. The van der Waals surface area contributed by atoms with E-state index in [0.29, 0.717) is 12.2 Å². The second kappa shape index (κ2) is 5.38. The van der Waals surface area contributed by atoms with Crippen LogP contribution >= 0.6 is 0 Å². The van der Waals surface area contributed by atoms with E-state index in [1.807, 2.05) is 20.8 Å². The Morgan fingerprint density at radius 1 is 1.40 bits per heavy atom. The zero-order valence-corrected chi connectivity index (χ0v) is 12.9. The number of rotatable bonds is 2. The van der Waals surface area contributed by atoms with Gasteiger partial charge in [0.1, 0.15) is 5.82 Å². The van der Waals surface area contributed by atoms with Crippen LogP contribution in [-0.4, -0.2) is 34.5 Å². The van der Waals surface area contributed by atoms with E-state index in [1.54, 1.807) is 23.6 Å². The number of carbonyl (C=O) groups is 1. The SMILES string of the molecule is CCc1c(C)nc2n(c1=O)[C@@H](C)CC[C@H]2C(=O)N(C)C. The minimum Gasteiger partial charge on any atom is -0.348 e. The van der Waals surface area contributed by atoms with Crippen molar-refractivity contribution in [3.05, 3.63) is 27.4 Å². The van der Waals surface area contributed by atoms with Gasteiger partial charge in [-0.15, -0.1) is 0 Å². The number of aromatic nitrogens is 2. The first-order valence-electron chi connectivity index (χ1n) is 7.21. The quantitative estimate of drug-likeness (QED) is 0.826. The number of amides is 1. The molecule has 0 aromatic carbocycles. The fourth-order valence-corrected chi connectivity index (χ4v) is 2.99. The van der Waals surface area contributed by atoms with Crippen molar-refractivity contribution in [3.63, 3.8) is 0 Å². The van der Waals surface area contributed by atoms with Gasteiger partial charge in [-0.1, -0.05) is 6.92 Å². The van der Waals surface area contributed by atoms with Gasteiger partial charge >= 0.3 is 0 Å². The maximum absolute atomic E-state index is 12.6. The molecule has 2 rings (SSSR count). The lowest BCUT2D eigenvalue weighted by Gasteiger charge is -2.31. The van der Waals surface area contributed by atoms with E-state index in [9.17, 15) is 9.59 Å². The van der Waals surface area contributed by atoms with E-state index < -0.39 is 0 Å². The average molecular weight is 277 g/mol. The van der Waals surface area contributed by atoms with Crippen LogP contribution in [0, 0.1) is 6.92 Å². The third kappa shape index (κ3) is 2.25. The van der Waals surface area contributed by atoms with Crippen LogP contribution in [0.1, 0.15) is 55.7 Å². The Bertz CT molecular complexity index is 590. The Hall–Kier alpha value is -1.65. The monoisotopic (exact) mass is 277 g/mol. The normalized spacial score (nSPS) is 21.4. The molecule has 0 unspecified atom stereocenters. The van der Waals surface area contributed by atoms with E-state index in [4.69, 9.17) is 0 Å². The minimum atomic E-state index is -0.293. The highest BCUT2D eigenvalue weighted by Crippen LogP contribution is 2.32. The molecule has 110 valence electrons. The van der Waals surface area contributed by atoms with Crippen molar-refractivity contribution in [3.8, 4) is 0 Å². The van der Waals surface area contributed by atoms with E-state index >= 15 is 0 Å². The second-order valence-corrected chi connectivity index (χ2v) is 5.77. The fraction of sp³-hybridized carbons (Fsp3) is 0.667. The molecule has 0 saturated heterocycles. The van der Waals surface area contributed by atoms with Gasteiger partial charge in [0.05, 0.1) is 5.92 Å². The zero-order chi connectivity index (χ0) is 15.0.